The lowest BCUT2D eigenvalue weighted by Crippen LogP contribution is -2.30. The number of hydrogen-bond acceptors (Lipinski definition) is 3. The summed E-state index contributed by atoms with van der Waals surface area (Å²) in [7, 11) is 0. The molecule has 0 saturated carbocycles. The maximum absolute atomic E-state index is 12.4. The van der Waals surface area contributed by atoms with Crippen LogP contribution in [0.1, 0.15) is 30.9 Å². The van der Waals surface area contributed by atoms with Gasteiger partial charge in [0.1, 0.15) is 0 Å². The van der Waals surface area contributed by atoms with Gasteiger partial charge in [-0.15, -0.1) is 12.4 Å². The molecular weight excluding hydrogens is 362 g/mol. The van der Waals surface area contributed by atoms with Crippen molar-refractivity contribution >= 4 is 35.6 Å². The summed E-state index contributed by atoms with van der Waals surface area (Å²) < 4.78 is 0. The minimum Gasteiger partial charge on any atom is -0.326 e. The SMILES string of the molecule is CCNCc1ccccc1NC(=O)CCC1Cc2ccccc2NC1=O.Cl. The molecule has 2 aromatic rings. The van der Waals surface area contributed by atoms with Crippen molar-refractivity contribution in [1.29, 1.82) is 0 Å². The zero-order chi connectivity index (χ0) is 18.4. The van der Waals surface area contributed by atoms with Gasteiger partial charge in [-0.05, 0) is 42.6 Å². The molecule has 0 spiro atoms. The minimum atomic E-state index is -0.160. The summed E-state index contributed by atoms with van der Waals surface area (Å²) in [6.07, 6.45) is 1.56. The fourth-order valence-corrected chi connectivity index (χ4v) is 3.22. The Morgan fingerprint density at radius 3 is 2.70 bits per heavy atom. The highest BCUT2D eigenvalue weighted by Gasteiger charge is 2.26. The van der Waals surface area contributed by atoms with Gasteiger partial charge in [0.05, 0.1) is 0 Å². The highest BCUT2D eigenvalue weighted by molar-refractivity contribution is 5.96. The van der Waals surface area contributed by atoms with Crippen LogP contribution in [0, 0.1) is 5.92 Å². The molecule has 1 unspecified atom stereocenters. The van der Waals surface area contributed by atoms with Gasteiger partial charge in [0, 0.05) is 30.3 Å². The first-order chi connectivity index (χ1) is 12.7. The molecule has 144 valence electrons. The summed E-state index contributed by atoms with van der Waals surface area (Å²) in [4.78, 5) is 24.6. The maximum Gasteiger partial charge on any atom is 0.227 e. The second kappa shape index (κ2) is 10.1. The van der Waals surface area contributed by atoms with Crippen LogP contribution in [-0.4, -0.2) is 18.4 Å². The van der Waals surface area contributed by atoms with Gasteiger partial charge in [0.2, 0.25) is 11.8 Å². The van der Waals surface area contributed by atoms with E-state index < -0.39 is 0 Å². The average Bonchev–Trinajstić information content (AvgIpc) is 2.65. The van der Waals surface area contributed by atoms with E-state index in [1.807, 2.05) is 48.5 Å². The molecule has 5 nitrogen and oxygen atoms in total. The quantitative estimate of drug-likeness (QED) is 0.677. The standard InChI is InChI=1S/C21H25N3O2.ClH/c1-2-22-14-17-8-4-6-10-19(17)23-20(25)12-11-16-13-15-7-3-5-9-18(15)24-21(16)26;/h3-10,16,22H,2,11-14H2,1H3,(H,23,25)(H,24,26);1H. The number of benzene rings is 2. The Hall–Kier alpha value is -2.37. The Balaban J connectivity index is 0.00000261. The Labute approximate surface area is 166 Å². The minimum absolute atomic E-state index is 0. The number of amides is 2. The Bertz CT molecular complexity index is 795. The fraction of sp³-hybridized carbons (Fsp3) is 0.333. The predicted molar refractivity (Wildman–Crippen MR) is 111 cm³/mol. The number of fused-ring (bicyclic) bond motifs is 1. The molecule has 1 heterocycles. The Kier molecular flexibility index (Phi) is 7.82. The summed E-state index contributed by atoms with van der Waals surface area (Å²) in [5.74, 6) is -0.211. The monoisotopic (exact) mass is 387 g/mol. The number of para-hydroxylation sites is 2. The van der Waals surface area contributed by atoms with E-state index in [0.29, 0.717) is 19.3 Å². The molecule has 0 saturated heterocycles. The number of carbonyl (C=O) groups is 2. The summed E-state index contributed by atoms with van der Waals surface area (Å²) >= 11 is 0. The molecule has 6 heteroatoms. The van der Waals surface area contributed by atoms with Crippen LogP contribution in [0.2, 0.25) is 0 Å². The molecule has 2 amide bonds. The van der Waals surface area contributed by atoms with Crippen molar-refractivity contribution < 1.29 is 9.59 Å². The van der Waals surface area contributed by atoms with Gasteiger partial charge in [-0.3, -0.25) is 9.59 Å². The van der Waals surface area contributed by atoms with Gasteiger partial charge in [-0.1, -0.05) is 43.3 Å². The van der Waals surface area contributed by atoms with Crippen molar-refractivity contribution in [3.63, 3.8) is 0 Å². The number of rotatable bonds is 7. The third kappa shape index (κ3) is 5.55. The summed E-state index contributed by atoms with van der Waals surface area (Å²) in [6, 6.07) is 15.6. The third-order valence-electron chi connectivity index (χ3n) is 4.69. The lowest BCUT2D eigenvalue weighted by atomic mass is 9.89. The van der Waals surface area contributed by atoms with Crippen molar-refractivity contribution in [3.8, 4) is 0 Å². The molecule has 0 radical (unpaired) electrons. The molecule has 0 aliphatic carbocycles. The van der Waals surface area contributed by atoms with Gasteiger partial charge < -0.3 is 16.0 Å². The summed E-state index contributed by atoms with van der Waals surface area (Å²) in [5.41, 5.74) is 3.91. The van der Waals surface area contributed by atoms with Crippen LogP contribution in [-0.2, 0) is 22.6 Å². The molecule has 1 aliphatic heterocycles. The summed E-state index contributed by atoms with van der Waals surface area (Å²) in [6.45, 7) is 3.64. The molecule has 0 aromatic heterocycles. The maximum atomic E-state index is 12.4. The first kappa shape index (κ1) is 20.9. The molecular formula is C21H26ClN3O2. The van der Waals surface area contributed by atoms with Crippen LogP contribution < -0.4 is 16.0 Å². The van der Waals surface area contributed by atoms with Crippen molar-refractivity contribution in [1.82, 2.24) is 5.32 Å². The van der Waals surface area contributed by atoms with E-state index in [2.05, 4.69) is 22.9 Å². The van der Waals surface area contributed by atoms with Crippen LogP contribution in [0.3, 0.4) is 0 Å². The average molecular weight is 388 g/mol. The van der Waals surface area contributed by atoms with Crippen LogP contribution in [0.15, 0.2) is 48.5 Å². The topological polar surface area (TPSA) is 70.2 Å². The number of nitrogens with one attached hydrogen (secondary N) is 3. The first-order valence-corrected chi connectivity index (χ1v) is 9.14. The lowest BCUT2D eigenvalue weighted by molar-refractivity contribution is -0.121. The Morgan fingerprint density at radius 2 is 1.89 bits per heavy atom. The van der Waals surface area contributed by atoms with Crippen LogP contribution in [0.5, 0.6) is 0 Å². The number of hydrogen-bond donors (Lipinski definition) is 3. The highest BCUT2D eigenvalue weighted by atomic mass is 35.5. The molecule has 1 atom stereocenters. The van der Waals surface area contributed by atoms with Crippen LogP contribution in [0.25, 0.3) is 0 Å². The van der Waals surface area contributed by atoms with Crippen molar-refractivity contribution in [2.75, 3.05) is 17.2 Å². The molecule has 27 heavy (non-hydrogen) atoms. The summed E-state index contributed by atoms with van der Waals surface area (Å²) in [5, 5.41) is 9.19. The molecule has 3 rings (SSSR count). The zero-order valence-corrected chi connectivity index (χ0v) is 16.3. The smallest absolute Gasteiger partial charge is 0.227 e. The first-order valence-electron chi connectivity index (χ1n) is 9.14. The van der Waals surface area contributed by atoms with E-state index in [4.69, 9.17) is 0 Å². The van der Waals surface area contributed by atoms with Gasteiger partial charge >= 0.3 is 0 Å². The lowest BCUT2D eigenvalue weighted by Gasteiger charge is -2.24. The van der Waals surface area contributed by atoms with Gasteiger partial charge in [0.25, 0.3) is 0 Å². The zero-order valence-electron chi connectivity index (χ0n) is 15.5. The highest BCUT2D eigenvalue weighted by Crippen LogP contribution is 2.27. The largest absolute Gasteiger partial charge is 0.326 e. The van der Waals surface area contributed by atoms with E-state index in [9.17, 15) is 9.59 Å². The van der Waals surface area contributed by atoms with E-state index >= 15 is 0 Å². The van der Waals surface area contributed by atoms with Gasteiger partial charge in [-0.25, -0.2) is 0 Å². The van der Waals surface area contributed by atoms with E-state index in [-0.39, 0.29) is 30.1 Å². The van der Waals surface area contributed by atoms with Crippen molar-refractivity contribution in [2.24, 2.45) is 5.92 Å². The van der Waals surface area contributed by atoms with Crippen molar-refractivity contribution in [2.45, 2.75) is 32.7 Å². The normalized spacial score (nSPS) is 15.3. The fourth-order valence-electron chi connectivity index (χ4n) is 3.22. The van der Waals surface area contributed by atoms with Gasteiger partial charge in [0.15, 0.2) is 0 Å². The van der Waals surface area contributed by atoms with Crippen LogP contribution >= 0.6 is 12.4 Å². The van der Waals surface area contributed by atoms with Crippen LogP contribution in [0.4, 0.5) is 11.4 Å². The van der Waals surface area contributed by atoms with E-state index in [1.54, 1.807) is 0 Å². The number of carbonyl (C=O) groups excluding carboxylic acids is 2. The number of halogens is 1. The number of anilines is 2. The molecule has 1 aliphatic rings. The molecule has 2 aromatic carbocycles. The van der Waals surface area contributed by atoms with E-state index in [1.165, 1.54) is 0 Å². The molecule has 0 bridgehead atoms. The van der Waals surface area contributed by atoms with Crippen molar-refractivity contribution in [3.05, 3.63) is 59.7 Å². The second-order valence-electron chi connectivity index (χ2n) is 6.57. The third-order valence-corrected chi connectivity index (χ3v) is 4.69. The van der Waals surface area contributed by atoms with E-state index in [0.717, 1.165) is 35.6 Å². The predicted octanol–water partition coefficient (Wildman–Crippen LogP) is 3.75. The second-order valence-corrected chi connectivity index (χ2v) is 6.57. The molecule has 0 fully saturated rings. The van der Waals surface area contributed by atoms with Gasteiger partial charge in [-0.2, -0.15) is 0 Å². The molecule has 3 N–H and O–H groups in total. The Morgan fingerprint density at radius 1 is 1.15 bits per heavy atom.